The Morgan fingerprint density at radius 1 is 0.380 bits per heavy atom. The van der Waals surface area contributed by atoms with Crippen molar-refractivity contribution in [2.75, 3.05) is 13.2 Å². The van der Waals surface area contributed by atoms with Crippen molar-refractivity contribution in [2.45, 2.75) is 142 Å². The van der Waals surface area contributed by atoms with E-state index in [0.29, 0.717) is 24.3 Å². The summed E-state index contributed by atoms with van der Waals surface area (Å²) in [6, 6.07) is 17.3. The van der Waals surface area contributed by atoms with Gasteiger partial charge in [-0.15, -0.1) is 0 Å². The number of hydrogen-bond acceptors (Lipinski definition) is 2. The van der Waals surface area contributed by atoms with Crippen molar-refractivity contribution in [3.05, 3.63) is 94.6 Å². The van der Waals surface area contributed by atoms with Gasteiger partial charge in [0.25, 0.3) is 0 Å². The average Bonchev–Trinajstić information content (AvgIpc) is 3.13. The largest absolute Gasteiger partial charge is 0.491 e. The Kier molecular flexibility index (Phi) is 21.2. The summed E-state index contributed by atoms with van der Waals surface area (Å²) in [4.78, 5) is 0. The zero-order valence-electron chi connectivity index (χ0n) is 30.9. The van der Waals surface area contributed by atoms with Gasteiger partial charge in [-0.25, -0.2) is 8.78 Å². The van der Waals surface area contributed by atoms with E-state index < -0.39 is 0 Å². The molecule has 0 atom stereocenters. The summed E-state index contributed by atoms with van der Waals surface area (Å²) >= 11 is 0. The molecular formula is C46H60F2O2. The lowest BCUT2D eigenvalue weighted by Gasteiger charge is -2.07. The minimum atomic E-state index is -0.389. The Labute approximate surface area is 302 Å². The third-order valence-electron chi connectivity index (χ3n) is 8.96. The summed E-state index contributed by atoms with van der Waals surface area (Å²) in [7, 11) is 0. The molecular weight excluding hydrogens is 623 g/mol. The van der Waals surface area contributed by atoms with E-state index in [4.69, 9.17) is 9.47 Å². The molecule has 0 fully saturated rings. The summed E-state index contributed by atoms with van der Waals surface area (Å²) in [6.07, 6.45) is 25.1. The maximum Gasteiger partial charge on any atom is 0.166 e. The Bertz CT molecular complexity index is 1360. The molecule has 50 heavy (non-hydrogen) atoms. The lowest BCUT2D eigenvalue weighted by atomic mass is 10.1. The molecule has 270 valence electrons. The fraction of sp³-hybridized carbons (Fsp3) is 0.522. The first-order valence-corrected chi connectivity index (χ1v) is 19.6. The lowest BCUT2D eigenvalue weighted by molar-refractivity contribution is 0.290. The average molecular weight is 683 g/mol. The van der Waals surface area contributed by atoms with E-state index in [1.54, 1.807) is 24.3 Å². The third-order valence-corrected chi connectivity index (χ3v) is 8.96. The Morgan fingerprint density at radius 2 is 0.660 bits per heavy atom. The van der Waals surface area contributed by atoms with Crippen molar-refractivity contribution in [2.24, 2.45) is 0 Å². The summed E-state index contributed by atoms with van der Waals surface area (Å²) in [5.74, 6) is 12.0. The quantitative estimate of drug-likeness (QED) is 0.0691. The van der Waals surface area contributed by atoms with E-state index in [9.17, 15) is 8.78 Å². The molecule has 4 heteroatoms. The van der Waals surface area contributed by atoms with Gasteiger partial charge in [0.2, 0.25) is 0 Å². The first-order chi connectivity index (χ1) is 24.6. The minimum Gasteiger partial charge on any atom is -0.491 e. The van der Waals surface area contributed by atoms with Crippen LogP contribution in [0.1, 0.15) is 165 Å². The van der Waals surface area contributed by atoms with E-state index >= 15 is 0 Å². The highest BCUT2D eigenvalue weighted by molar-refractivity contribution is 5.49. The van der Waals surface area contributed by atoms with Gasteiger partial charge in [0.15, 0.2) is 23.1 Å². The van der Waals surface area contributed by atoms with Crippen molar-refractivity contribution in [1.82, 2.24) is 0 Å². The molecule has 3 aromatic carbocycles. The van der Waals surface area contributed by atoms with Crippen LogP contribution in [0.4, 0.5) is 8.78 Å². The summed E-state index contributed by atoms with van der Waals surface area (Å²) in [6.45, 7) is 5.56. The maximum atomic E-state index is 14.6. The molecule has 0 aliphatic carbocycles. The van der Waals surface area contributed by atoms with Gasteiger partial charge in [0, 0.05) is 22.3 Å². The van der Waals surface area contributed by atoms with Gasteiger partial charge in [-0.05, 0) is 73.5 Å². The maximum absolute atomic E-state index is 14.6. The van der Waals surface area contributed by atoms with Crippen LogP contribution in [0.5, 0.6) is 11.5 Å². The second-order valence-electron chi connectivity index (χ2n) is 13.4. The number of ether oxygens (including phenoxy) is 2. The molecule has 0 aromatic heterocycles. The first kappa shape index (κ1) is 40.7. The lowest BCUT2D eigenvalue weighted by Crippen LogP contribution is -1.99. The Balaban J connectivity index is 1.34. The molecule has 0 heterocycles. The van der Waals surface area contributed by atoms with Crippen LogP contribution >= 0.6 is 0 Å². The van der Waals surface area contributed by atoms with Crippen LogP contribution in [0.3, 0.4) is 0 Å². The normalized spacial score (nSPS) is 10.6. The summed E-state index contributed by atoms with van der Waals surface area (Å²) < 4.78 is 40.6. The standard InChI is InChI=1S/C46H60F2O2/c1-3-5-7-9-11-13-15-17-19-21-35-49-45-33-31-41(37-43(45)47)29-27-39-23-25-40(26-24-39)28-30-42-32-34-46(44(48)38-42)50-36-22-20-18-16-14-12-10-8-6-4-2/h23-26,31-34,37-38H,3-22,35-36H2,1-2H3. The number of rotatable bonds is 24. The van der Waals surface area contributed by atoms with E-state index in [1.807, 2.05) is 24.3 Å². The predicted octanol–water partition coefficient (Wildman–Crippen LogP) is 13.4. The van der Waals surface area contributed by atoms with E-state index in [2.05, 4.69) is 37.5 Å². The van der Waals surface area contributed by atoms with E-state index in [-0.39, 0.29) is 23.1 Å². The van der Waals surface area contributed by atoms with Crippen molar-refractivity contribution < 1.29 is 18.3 Å². The van der Waals surface area contributed by atoms with Crippen LogP contribution in [-0.4, -0.2) is 13.2 Å². The topological polar surface area (TPSA) is 18.5 Å². The predicted molar refractivity (Wildman–Crippen MR) is 206 cm³/mol. The second-order valence-corrected chi connectivity index (χ2v) is 13.4. The zero-order chi connectivity index (χ0) is 35.5. The second kappa shape index (κ2) is 26.1. The van der Waals surface area contributed by atoms with Gasteiger partial charge >= 0.3 is 0 Å². The van der Waals surface area contributed by atoms with Crippen LogP contribution in [0.25, 0.3) is 0 Å². The van der Waals surface area contributed by atoms with Crippen LogP contribution in [0, 0.1) is 35.3 Å². The Hall–Kier alpha value is -3.76. The van der Waals surface area contributed by atoms with Gasteiger partial charge < -0.3 is 9.47 Å². The Morgan fingerprint density at radius 3 is 0.980 bits per heavy atom. The van der Waals surface area contributed by atoms with Crippen LogP contribution in [-0.2, 0) is 0 Å². The molecule has 3 aromatic rings. The molecule has 0 N–H and O–H groups in total. The number of hydrogen-bond donors (Lipinski definition) is 0. The highest BCUT2D eigenvalue weighted by Gasteiger charge is 2.05. The highest BCUT2D eigenvalue weighted by atomic mass is 19.1. The number of unbranched alkanes of at least 4 members (excludes halogenated alkanes) is 18. The molecule has 0 aliphatic rings. The van der Waals surface area contributed by atoms with Crippen LogP contribution < -0.4 is 9.47 Å². The number of benzene rings is 3. The van der Waals surface area contributed by atoms with Gasteiger partial charge in [-0.3, -0.25) is 0 Å². The molecule has 0 bridgehead atoms. The van der Waals surface area contributed by atoms with E-state index in [1.165, 1.54) is 115 Å². The van der Waals surface area contributed by atoms with Gasteiger partial charge in [0.05, 0.1) is 13.2 Å². The summed E-state index contributed by atoms with van der Waals surface area (Å²) in [5.41, 5.74) is 2.78. The van der Waals surface area contributed by atoms with Crippen LogP contribution in [0.2, 0.25) is 0 Å². The zero-order valence-corrected chi connectivity index (χ0v) is 30.9. The van der Waals surface area contributed by atoms with Crippen molar-refractivity contribution in [3.63, 3.8) is 0 Å². The van der Waals surface area contributed by atoms with Gasteiger partial charge in [0.1, 0.15) is 0 Å². The molecule has 2 nitrogen and oxygen atoms in total. The first-order valence-electron chi connectivity index (χ1n) is 19.6. The van der Waals surface area contributed by atoms with E-state index in [0.717, 1.165) is 36.8 Å². The third kappa shape index (κ3) is 17.8. The number of halogens is 2. The highest BCUT2D eigenvalue weighted by Crippen LogP contribution is 2.20. The minimum absolute atomic E-state index is 0.279. The monoisotopic (exact) mass is 682 g/mol. The molecule has 0 unspecified atom stereocenters. The molecule has 0 saturated carbocycles. The van der Waals surface area contributed by atoms with Crippen molar-refractivity contribution >= 4 is 0 Å². The van der Waals surface area contributed by atoms with Crippen molar-refractivity contribution in [1.29, 1.82) is 0 Å². The van der Waals surface area contributed by atoms with Crippen molar-refractivity contribution in [3.8, 4) is 35.2 Å². The van der Waals surface area contributed by atoms with Crippen LogP contribution in [0.15, 0.2) is 60.7 Å². The smallest absolute Gasteiger partial charge is 0.166 e. The van der Waals surface area contributed by atoms with Gasteiger partial charge in [-0.2, -0.15) is 0 Å². The van der Waals surface area contributed by atoms with Gasteiger partial charge in [-0.1, -0.05) is 153 Å². The molecule has 0 saturated heterocycles. The fourth-order valence-corrected chi connectivity index (χ4v) is 5.86. The fourth-order valence-electron chi connectivity index (χ4n) is 5.86. The molecule has 3 rings (SSSR count). The SMILES string of the molecule is CCCCCCCCCCCCOc1ccc(C#Cc2ccc(C#Cc3ccc(OCCCCCCCCCCCC)c(F)c3)cc2)cc1F. The summed E-state index contributed by atoms with van der Waals surface area (Å²) in [5, 5.41) is 0. The molecule has 0 spiro atoms. The molecule has 0 amide bonds. The molecule has 0 aliphatic heterocycles. The molecule has 0 radical (unpaired) electrons.